The van der Waals surface area contributed by atoms with Crippen molar-refractivity contribution in [3.8, 4) is 0 Å². The second kappa shape index (κ2) is 14.5. The predicted octanol–water partition coefficient (Wildman–Crippen LogP) is 5.85. The first kappa shape index (κ1) is 20.6. The molecule has 1 atom stereocenters. The van der Waals surface area contributed by atoms with E-state index in [1.807, 2.05) is 13.8 Å². The number of nitrogens with one attached hydrogen (secondary N) is 1. The van der Waals surface area contributed by atoms with Gasteiger partial charge in [0.25, 0.3) is 0 Å². The maximum atomic E-state index is 11.4. The number of halogens is 1. The van der Waals surface area contributed by atoms with E-state index in [2.05, 4.69) is 12.2 Å². The molecule has 0 heterocycles. The summed E-state index contributed by atoms with van der Waals surface area (Å²) in [5, 5.41) is 2.75. The van der Waals surface area contributed by atoms with Gasteiger partial charge < -0.3 is 10.1 Å². The molecular weight excluding hydrogens is 286 g/mol. The number of rotatable bonds is 13. The van der Waals surface area contributed by atoms with E-state index in [1.54, 1.807) is 0 Å². The van der Waals surface area contributed by atoms with Gasteiger partial charge in [0.2, 0.25) is 0 Å². The average molecular weight is 320 g/mol. The Morgan fingerprint density at radius 1 is 0.952 bits per heavy atom. The van der Waals surface area contributed by atoms with Gasteiger partial charge in [-0.05, 0) is 6.42 Å². The molecule has 4 heteroatoms. The smallest absolute Gasteiger partial charge is 0.408 e. The maximum absolute atomic E-state index is 11.4. The summed E-state index contributed by atoms with van der Waals surface area (Å²) in [5.41, 5.74) is -0.544. The second-order valence-corrected chi connectivity index (χ2v) is 6.54. The Bertz CT molecular complexity index is 247. The van der Waals surface area contributed by atoms with Gasteiger partial charge in [-0.25, -0.2) is 4.79 Å². The molecule has 0 aromatic carbocycles. The lowest BCUT2D eigenvalue weighted by molar-refractivity contribution is 0.114. The fraction of sp³-hybridized carbons (Fsp3) is 0.941. The fourth-order valence-electron chi connectivity index (χ4n) is 2.08. The van der Waals surface area contributed by atoms with Gasteiger partial charge in [-0.3, -0.25) is 0 Å². The molecule has 0 aromatic heterocycles. The Hall–Kier alpha value is -0.440. The van der Waals surface area contributed by atoms with Crippen molar-refractivity contribution in [2.24, 2.45) is 5.92 Å². The standard InChI is InChI=1S/C17H34ClNO2/c1-4-5-6-7-8-9-10-11-12-13-14-19-17(20)21-16(18)15(2)3/h15-16H,4-14H2,1-3H3,(H,19,20)/t16-/m1/s1. The van der Waals surface area contributed by atoms with Crippen LogP contribution in [0.3, 0.4) is 0 Å². The summed E-state index contributed by atoms with van der Waals surface area (Å²) < 4.78 is 5.02. The van der Waals surface area contributed by atoms with Gasteiger partial charge in [0.05, 0.1) is 0 Å². The summed E-state index contributed by atoms with van der Waals surface area (Å²) in [6, 6.07) is 0. The molecule has 0 bridgehead atoms. The maximum Gasteiger partial charge on any atom is 0.408 e. The van der Waals surface area contributed by atoms with Gasteiger partial charge in [-0.2, -0.15) is 0 Å². The zero-order chi connectivity index (χ0) is 15.9. The second-order valence-electron chi connectivity index (χ2n) is 6.11. The van der Waals surface area contributed by atoms with E-state index in [0.29, 0.717) is 6.54 Å². The number of alkyl carbamates (subject to hydrolysis) is 1. The number of carbonyl (C=O) groups excluding carboxylic acids is 1. The van der Waals surface area contributed by atoms with E-state index in [1.165, 1.54) is 57.8 Å². The van der Waals surface area contributed by atoms with Crippen LogP contribution < -0.4 is 5.32 Å². The van der Waals surface area contributed by atoms with Gasteiger partial charge in [-0.15, -0.1) is 0 Å². The van der Waals surface area contributed by atoms with Crippen LogP contribution in [-0.2, 0) is 4.74 Å². The van der Waals surface area contributed by atoms with Crippen LogP contribution in [0, 0.1) is 5.92 Å². The molecule has 3 nitrogen and oxygen atoms in total. The highest BCUT2D eigenvalue weighted by molar-refractivity contribution is 6.20. The Balaban J connectivity index is 3.23. The Labute approximate surface area is 136 Å². The van der Waals surface area contributed by atoms with Crippen molar-refractivity contribution in [3.05, 3.63) is 0 Å². The summed E-state index contributed by atoms with van der Waals surface area (Å²) in [5.74, 6) is 0.134. The molecule has 0 spiro atoms. The number of amides is 1. The highest BCUT2D eigenvalue weighted by atomic mass is 35.5. The van der Waals surface area contributed by atoms with Crippen molar-refractivity contribution >= 4 is 17.7 Å². The monoisotopic (exact) mass is 319 g/mol. The molecule has 1 amide bonds. The van der Waals surface area contributed by atoms with E-state index in [-0.39, 0.29) is 5.92 Å². The van der Waals surface area contributed by atoms with Crippen LogP contribution in [0.15, 0.2) is 0 Å². The van der Waals surface area contributed by atoms with Crippen LogP contribution in [0.25, 0.3) is 0 Å². The number of hydrogen-bond donors (Lipinski definition) is 1. The SMILES string of the molecule is CCCCCCCCCCCCNC(=O)O[C@@H](Cl)C(C)C. The molecule has 0 radical (unpaired) electrons. The number of alkyl halides is 1. The Kier molecular flexibility index (Phi) is 14.2. The predicted molar refractivity (Wildman–Crippen MR) is 90.8 cm³/mol. The molecule has 0 aliphatic rings. The number of carbonyl (C=O) groups is 1. The molecule has 0 aliphatic heterocycles. The Morgan fingerprint density at radius 3 is 1.90 bits per heavy atom. The third-order valence-electron chi connectivity index (χ3n) is 3.54. The van der Waals surface area contributed by atoms with Crippen molar-refractivity contribution < 1.29 is 9.53 Å². The van der Waals surface area contributed by atoms with Gasteiger partial charge >= 0.3 is 6.09 Å². The average Bonchev–Trinajstić information content (AvgIpc) is 2.44. The number of hydrogen-bond acceptors (Lipinski definition) is 2. The minimum absolute atomic E-state index is 0.134. The summed E-state index contributed by atoms with van der Waals surface area (Å²) in [6.07, 6.45) is 12.5. The molecule has 0 saturated carbocycles. The molecule has 0 rings (SSSR count). The minimum Gasteiger partial charge on any atom is -0.430 e. The van der Waals surface area contributed by atoms with Gasteiger partial charge in [0.15, 0.2) is 5.56 Å². The van der Waals surface area contributed by atoms with Crippen molar-refractivity contribution in [3.63, 3.8) is 0 Å². The van der Waals surface area contributed by atoms with Crippen LogP contribution in [-0.4, -0.2) is 18.2 Å². The van der Waals surface area contributed by atoms with Crippen LogP contribution in [0.5, 0.6) is 0 Å². The van der Waals surface area contributed by atoms with E-state index in [4.69, 9.17) is 16.3 Å². The van der Waals surface area contributed by atoms with Gasteiger partial charge in [0, 0.05) is 12.5 Å². The molecule has 1 N–H and O–H groups in total. The highest BCUT2D eigenvalue weighted by Gasteiger charge is 2.14. The van der Waals surface area contributed by atoms with Crippen molar-refractivity contribution in [1.82, 2.24) is 5.32 Å². The lowest BCUT2D eigenvalue weighted by atomic mass is 10.1. The minimum atomic E-state index is -0.544. The molecule has 21 heavy (non-hydrogen) atoms. The lowest BCUT2D eigenvalue weighted by Crippen LogP contribution is -2.29. The van der Waals surface area contributed by atoms with Crippen molar-refractivity contribution in [1.29, 1.82) is 0 Å². The number of unbranched alkanes of at least 4 members (excludes halogenated alkanes) is 9. The van der Waals surface area contributed by atoms with Gasteiger partial charge in [-0.1, -0.05) is 90.2 Å². The first-order valence-electron chi connectivity index (χ1n) is 8.66. The van der Waals surface area contributed by atoms with E-state index >= 15 is 0 Å². The van der Waals surface area contributed by atoms with E-state index < -0.39 is 11.7 Å². The largest absolute Gasteiger partial charge is 0.430 e. The van der Waals surface area contributed by atoms with E-state index in [9.17, 15) is 4.79 Å². The molecule has 0 aliphatic carbocycles. The van der Waals surface area contributed by atoms with Crippen molar-refractivity contribution in [2.75, 3.05) is 6.54 Å². The quantitative estimate of drug-likeness (QED) is 0.341. The molecular formula is C17H34ClNO2. The highest BCUT2D eigenvalue weighted by Crippen LogP contribution is 2.11. The van der Waals surface area contributed by atoms with Crippen molar-refractivity contribution in [2.45, 2.75) is 90.5 Å². The lowest BCUT2D eigenvalue weighted by Gasteiger charge is -2.14. The molecule has 0 fully saturated rings. The van der Waals surface area contributed by atoms with Crippen LogP contribution in [0.2, 0.25) is 0 Å². The first-order chi connectivity index (χ1) is 10.1. The zero-order valence-electron chi connectivity index (χ0n) is 14.1. The summed E-state index contributed by atoms with van der Waals surface area (Å²) >= 11 is 5.87. The molecule has 126 valence electrons. The first-order valence-corrected chi connectivity index (χ1v) is 9.10. The van der Waals surface area contributed by atoms with Gasteiger partial charge in [0.1, 0.15) is 0 Å². The topological polar surface area (TPSA) is 38.3 Å². The summed E-state index contributed by atoms with van der Waals surface area (Å²) in [6.45, 7) is 6.78. The van der Waals surface area contributed by atoms with Crippen LogP contribution >= 0.6 is 11.6 Å². The van der Waals surface area contributed by atoms with Crippen LogP contribution in [0.1, 0.15) is 85.0 Å². The van der Waals surface area contributed by atoms with Crippen LogP contribution in [0.4, 0.5) is 4.79 Å². The molecule has 0 unspecified atom stereocenters. The normalized spacial score (nSPS) is 12.4. The van der Waals surface area contributed by atoms with E-state index in [0.717, 1.165) is 6.42 Å². The zero-order valence-corrected chi connectivity index (χ0v) is 14.9. The fourth-order valence-corrected chi connectivity index (χ4v) is 2.16. The third kappa shape index (κ3) is 14.3. The summed E-state index contributed by atoms with van der Waals surface area (Å²) in [4.78, 5) is 11.4. The number of ether oxygens (including phenoxy) is 1. The molecule has 0 saturated heterocycles. The molecule has 0 aromatic rings. The summed E-state index contributed by atoms with van der Waals surface area (Å²) in [7, 11) is 0. The third-order valence-corrected chi connectivity index (χ3v) is 4.14. The Morgan fingerprint density at radius 2 is 1.43 bits per heavy atom.